The number of nitrogens with one attached hydrogen (secondary N) is 2. The van der Waals surface area contributed by atoms with Crippen LogP contribution in [0.3, 0.4) is 0 Å². The van der Waals surface area contributed by atoms with Crippen molar-refractivity contribution >= 4 is 11.8 Å². The number of rotatable bonds is 6. The van der Waals surface area contributed by atoms with Crippen LogP contribution in [0.5, 0.6) is 0 Å². The highest BCUT2D eigenvalue weighted by Crippen LogP contribution is 2.32. The van der Waals surface area contributed by atoms with Crippen LogP contribution < -0.4 is 14.9 Å². The van der Waals surface area contributed by atoms with Gasteiger partial charge < -0.3 is 19.7 Å². The molecule has 2 N–H and O–H groups in total. The Labute approximate surface area is 156 Å². The van der Waals surface area contributed by atoms with Crippen LogP contribution in [0.2, 0.25) is 0 Å². The van der Waals surface area contributed by atoms with E-state index in [0.717, 1.165) is 31.1 Å². The lowest BCUT2D eigenvalue weighted by molar-refractivity contribution is -1.01. The molecule has 1 saturated carbocycles. The van der Waals surface area contributed by atoms with Crippen LogP contribution in [0.1, 0.15) is 60.4 Å². The van der Waals surface area contributed by atoms with Crippen LogP contribution in [-0.4, -0.2) is 51.0 Å². The molecule has 1 atom stereocenters. The molecule has 1 aromatic carbocycles. The molecule has 1 aliphatic carbocycles. The summed E-state index contributed by atoms with van der Waals surface area (Å²) in [5.41, 5.74) is 1.93. The van der Waals surface area contributed by atoms with Crippen molar-refractivity contribution in [2.75, 3.05) is 33.2 Å². The van der Waals surface area contributed by atoms with E-state index in [2.05, 4.69) is 19.2 Å². The van der Waals surface area contributed by atoms with Crippen molar-refractivity contribution in [1.82, 2.24) is 0 Å². The first-order valence-electron chi connectivity index (χ1n) is 10.0. The summed E-state index contributed by atoms with van der Waals surface area (Å²) in [6.07, 6.45) is 6.39. The zero-order valence-electron chi connectivity index (χ0n) is 15.8. The maximum Gasteiger partial charge on any atom is 0.169 e. The summed E-state index contributed by atoms with van der Waals surface area (Å²) in [4.78, 5) is 26.6. The fourth-order valence-electron chi connectivity index (χ4n) is 4.42. The van der Waals surface area contributed by atoms with Gasteiger partial charge in [0.05, 0.1) is 19.4 Å². The molecule has 2 aliphatic rings. The van der Waals surface area contributed by atoms with Crippen LogP contribution in [-0.2, 0) is 4.79 Å². The number of benzene rings is 1. The third-order valence-corrected chi connectivity index (χ3v) is 6.22. The first-order valence-corrected chi connectivity index (χ1v) is 10.0. The number of ketones is 1. The van der Waals surface area contributed by atoms with Gasteiger partial charge in [-0.25, -0.2) is 0 Å². The summed E-state index contributed by atoms with van der Waals surface area (Å²) < 4.78 is 0. The summed E-state index contributed by atoms with van der Waals surface area (Å²) >= 11 is 0. The standard InChI is InChI=1S/C21H30N2O3/c1-22-11-13-23(14-12-22)19(21(25)26)15-20(24)18-9-7-17(8-10-18)16-5-3-2-4-6-16/h7-10,16,19H,2-6,11-15H2,1H3,(H,25,26)/p+1/t19-/m0/s1. The van der Waals surface area contributed by atoms with Crippen LogP contribution in [0.15, 0.2) is 24.3 Å². The number of hydrogen-bond donors (Lipinski definition) is 2. The summed E-state index contributed by atoms with van der Waals surface area (Å²) in [6, 6.07) is 7.13. The predicted octanol–water partition coefficient (Wildman–Crippen LogP) is -1.16. The molecule has 1 saturated heterocycles. The summed E-state index contributed by atoms with van der Waals surface area (Å²) in [7, 11) is 2.11. The lowest BCUT2D eigenvalue weighted by atomic mass is 9.84. The molecular formula is C21H31N2O3+. The first kappa shape index (κ1) is 19.1. The number of carbonyl (C=O) groups excluding carboxylic acids is 2. The molecule has 0 amide bonds. The largest absolute Gasteiger partial charge is 0.544 e. The maximum atomic E-state index is 12.6. The third-order valence-electron chi connectivity index (χ3n) is 6.22. The molecular weight excluding hydrogens is 328 g/mol. The van der Waals surface area contributed by atoms with E-state index in [1.807, 2.05) is 12.1 Å². The summed E-state index contributed by atoms with van der Waals surface area (Å²) in [5, 5.41) is 11.6. The molecule has 26 heavy (non-hydrogen) atoms. The maximum absolute atomic E-state index is 12.6. The highest BCUT2D eigenvalue weighted by Gasteiger charge is 2.31. The highest BCUT2D eigenvalue weighted by atomic mass is 16.4. The second kappa shape index (κ2) is 8.78. The van der Waals surface area contributed by atoms with Crippen molar-refractivity contribution < 1.29 is 24.5 Å². The number of carboxylic acids is 1. The Morgan fingerprint density at radius 1 is 1.04 bits per heavy atom. The second-order valence-corrected chi connectivity index (χ2v) is 8.07. The molecule has 1 aliphatic heterocycles. The summed E-state index contributed by atoms with van der Waals surface area (Å²) in [5.74, 6) is -0.582. The van der Waals surface area contributed by atoms with E-state index < -0.39 is 12.0 Å². The number of likely N-dealkylation sites (N-methyl/N-ethyl adjacent to an activating group) is 1. The number of Topliss-reactive ketones (excluding diaryl/α,β-unsaturated/α-hetero) is 1. The molecule has 1 aromatic rings. The minimum Gasteiger partial charge on any atom is -0.544 e. The Morgan fingerprint density at radius 3 is 2.23 bits per heavy atom. The van der Waals surface area contributed by atoms with Crippen LogP contribution in [0, 0.1) is 0 Å². The van der Waals surface area contributed by atoms with Crippen molar-refractivity contribution in [3.8, 4) is 0 Å². The Hall–Kier alpha value is -1.72. The Morgan fingerprint density at radius 2 is 1.65 bits per heavy atom. The van der Waals surface area contributed by atoms with Crippen molar-refractivity contribution in [3.05, 3.63) is 35.4 Å². The van der Waals surface area contributed by atoms with Gasteiger partial charge in [0.1, 0.15) is 32.2 Å². The van der Waals surface area contributed by atoms with E-state index in [9.17, 15) is 14.7 Å². The second-order valence-electron chi connectivity index (χ2n) is 8.07. The van der Waals surface area contributed by atoms with Gasteiger partial charge >= 0.3 is 0 Å². The van der Waals surface area contributed by atoms with E-state index in [1.54, 1.807) is 0 Å². The topological polar surface area (TPSA) is 66.1 Å². The first-order chi connectivity index (χ1) is 12.5. The fourth-order valence-corrected chi connectivity index (χ4v) is 4.42. The van der Waals surface area contributed by atoms with Crippen LogP contribution in [0.25, 0.3) is 0 Å². The van der Waals surface area contributed by atoms with Gasteiger partial charge in [-0.05, 0) is 24.3 Å². The van der Waals surface area contributed by atoms with Crippen molar-refractivity contribution in [2.45, 2.75) is 50.5 Å². The molecule has 0 spiro atoms. The lowest BCUT2D eigenvalue weighted by Crippen LogP contribution is -3.29. The van der Waals surface area contributed by atoms with Gasteiger partial charge in [0.2, 0.25) is 0 Å². The van der Waals surface area contributed by atoms with E-state index in [1.165, 1.54) is 42.6 Å². The molecule has 0 bridgehead atoms. The molecule has 142 valence electrons. The normalized spacial score (nSPS) is 25.6. The zero-order chi connectivity index (χ0) is 18.5. The Kier molecular flexibility index (Phi) is 6.43. The van der Waals surface area contributed by atoms with Gasteiger partial charge in [-0.15, -0.1) is 0 Å². The van der Waals surface area contributed by atoms with E-state index >= 15 is 0 Å². The smallest absolute Gasteiger partial charge is 0.169 e. The number of piperazine rings is 1. The van der Waals surface area contributed by atoms with Gasteiger partial charge in [-0.3, -0.25) is 4.79 Å². The number of hydrogen-bond acceptors (Lipinski definition) is 3. The highest BCUT2D eigenvalue weighted by molar-refractivity contribution is 5.98. The van der Waals surface area contributed by atoms with Gasteiger partial charge in [0.25, 0.3) is 0 Å². The molecule has 3 rings (SSSR count). The summed E-state index contributed by atoms with van der Waals surface area (Å²) in [6.45, 7) is 3.42. The monoisotopic (exact) mass is 359 g/mol. The molecule has 0 unspecified atom stereocenters. The molecule has 1 heterocycles. The molecule has 2 fully saturated rings. The van der Waals surface area contributed by atoms with Crippen molar-refractivity contribution in [1.29, 1.82) is 0 Å². The Balaban J connectivity index is 1.62. The van der Waals surface area contributed by atoms with E-state index in [-0.39, 0.29) is 12.2 Å². The SMILES string of the molecule is C[NH+]1CC[NH+]([C@@H](CC(=O)c2ccc(C3CCCCC3)cc2)C(=O)[O-])CC1. The third kappa shape index (κ3) is 4.71. The van der Waals surface area contributed by atoms with Gasteiger partial charge in [-0.1, -0.05) is 43.5 Å². The predicted molar refractivity (Wildman–Crippen MR) is 97.3 cm³/mol. The van der Waals surface area contributed by atoms with E-state index in [4.69, 9.17) is 0 Å². The fraction of sp³-hybridized carbons (Fsp3) is 0.619. The minimum absolute atomic E-state index is 0.0273. The Bertz CT molecular complexity index is 615. The molecule has 5 nitrogen and oxygen atoms in total. The van der Waals surface area contributed by atoms with Crippen LogP contribution in [0.4, 0.5) is 0 Å². The quantitative estimate of drug-likeness (QED) is 0.630. The minimum atomic E-state index is -1.10. The average molecular weight is 359 g/mol. The lowest BCUT2D eigenvalue weighted by Gasteiger charge is -2.33. The van der Waals surface area contributed by atoms with E-state index in [0.29, 0.717) is 11.5 Å². The molecule has 0 radical (unpaired) electrons. The average Bonchev–Trinajstić information content (AvgIpc) is 2.67. The van der Waals surface area contributed by atoms with Gasteiger partial charge in [0, 0.05) is 5.56 Å². The van der Waals surface area contributed by atoms with Gasteiger partial charge in [-0.2, -0.15) is 0 Å². The molecule has 5 heteroatoms. The number of quaternary nitrogens is 2. The molecule has 0 aromatic heterocycles. The number of carbonyl (C=O) groups is 2. The van der Waals surface area contributed by atoms with Gasteiger partial charge in [0.15, 0.2) is 5.78 Å². The van der Waals surface area contributed by atoms with Crippen LogP contribution >= 0.6 is 0 Å². The van der Waals surface area contributed by atoms with Crippen molar-refractivity contribution in [2.24, 2.45) is 0 Å². The zero-order valence-corrected chi connectivity index (χ0v) is 15.8. The number of carboxylic acid groups (broad SMARTS) is 1. The van der Waals surface area contributed by atoms with Crippen molar-refractivity contribution in [3.63, 3.8) is 0 Å². The number of aliphatic carboxylic acids is 1.